The summed E-state index contributed by atoms with van der Waals surface area (Å²) in [4.78, 5) is 20.9. The van der Waals surface area contributed by atoms with Gasteiger partial charge in [-0.1, -0.05) is 31.3 Å². The number of aromatic nitrogens is 3. The molecule has 0 aliphatic carbocycles. The summed E-state index contributed by atoms with van der Waals surface area (Å²) in [5.41, 5.74) is 0. The van der Waals surface area contributed by atoms with Crippen LogP contribution in [0.25, 0.3) is 0 Å². The summed E-state index contributed by atoms with van der Waals surface area (Å²) >= 11 is 1.44. The molecule has 1 fully saturated rings. The second kappa shape index (κ2) is 7.67. The van der Waals surface area contributed by atoms with Gasteiger partial charge in [0.25, 0.3) is 0 Å². The molecule has 1 aliphatic heterocycles. The number of amides is 1. The molecule has 0 radical (unpaired) electrons. The average molecular weight is 346 g/mol. The lowest BCUT2D eigenvalue weighted by Crippen LogP contribution is -2.48. The van der Waals surface area contributed by atoms with Crippen LogP contribution >= 0.6 is 11.3 Å². The van der Waals surface area contributed by atoms with Gasteiger partial charge in [-0.25, -0.2) is 4.98 Å². The maximum atomic E-state index is 12.2. The van der Waals surface area contributed by atoms with Crippen LogP contribution < -0.4 is 10.2 Å². The number of nitrogens with one attached hydrogen (secondary N) is 1. The minimum absolute atomic E-state index is 0.0345. The molecule has 1 aliphatic rings. The Morgan fingerprint density at radius 1 is 1.25 bits per heavy atom. The van der Waals surface area contributed by atoms with Crippen molar-refractivity contribution in [1.29, 1.82) is 0 Å². The first-order valence-electron chi connectivity index (χ1n) is 8.13. The molecular weight excluding hydrogens is 324 g/mol. The van der Waals surface area contributed by atoms with Crippen molar-refractivity contribution in [3.63, 3.8) is 0 Å². The van der Waals surface area contributed by atoms with Crippen molar-refractivity contribution >= 4 is 28.2 Å². The van der Waals surface area contributed by atoms with Crippen LogP contribution in [-0.2, 0) is 4.79 Å². The van der Waals surface area contributed by atoms with Crippen molar-refractivity contribution in [3.8, 4) is 0 Å². The van der Waals surface area contributed by atoms with Crippen LogP contribution in [-0.4, -0.2) is 58.7 Å². The fraction of sp³-hybridized carbons (Fsp3) is 0.500. The summed E-state index contributed by atoms with van der Waals surface area (Å²) in [5, 5.41) is 12.5. The number of pyridine rings is 1. The zero-order chi connectivity index (χ0) is 16.9. The van der Waals surface area contributed by atoms with E-state index in [1.807, 2.05) is 24.4 Å². The highest BCUT2D eigenvalue weighted by Crippen LogP contribution is 2.22. The van der Waals surface area contributed by atoms with E-state index >= 15 is 0 Å². The Bertz CT molecular complexity index is 666. The second-order valence-corrected chi connectivity index (χ2v) is 7.11. The van der Waals surface area contributed by atoms with E-state index in [0.29, 0.717) is 17.6 Å². The van der Waals surface area contributed by atoms with Crippen molar-refractivity contribution in [2.75, 3.05) is 42.9 Å². The lowest BCUT2D eigenvalue weighted by molar-refractivity contribution is -0.117. The van der Waals surface area contributed by atoms with Crippen molar-refractivity contribution in [2.24, 2.45) is 0 Å². The quantitative estimate of drug-likeness (QED) is 0.890. The van der Waals surface area contributed by atoms with Gasteiger partial charge in [-0.3, -0.25) is 15.0 Å². The summed E-state index contributed by atoms with van der Waals surface area (Å²) in [7, 11) is 0. The molecule has 1 N–H and O–H groups in total. The lowest BCUT2D eigenvalue weighted by Gasteiger charge is -2.34. The van der Waals surface area contributed by atoms with E-state index in [1.165, 1.54) is 11.3 Å². The summed E-state index contributed by atoms with van der Waals surface area (Å²) in [6, 6.07) is 5.93. The summed E-state index contributed by atoms with van der Waals surface area (Å²) in [5.74, 6) is 1.29. The topological polar surface area (TPSA) is 74.2 Å². The predicted octanol–water partition coefficient (Wildman–Crippen LogP) is 1.82. The average Bonchev–Trinajstić information content (AvgIpc) is 3.05. The zero-order valence-corrected chi connectivity index (χ0v) is 14.8. The smallest absolute Gasteiger partial charge is 0.240 e. The number of piperazine rings is 1. The first kappa shape index (κ1) is 16.8. The first-order valence-corrected chi connectivity index (χ1v) is 8.95. The number of carbonyl (C=O) groups is 1. The molecule has 3 rings (SSSR count). The summed E-state index contributed by atoms with van der Waals surface area (Å²) in [6.07, 6.45) is 1.81. The lowest BCUT2D eigenvalue weighted by atomic mass is 10.2. The molecule has 2 aromatic rings. The largest absolute Gasteiger partial charge is 0.354 e. The van der Waals surface area contributed by atoms with Crippen molar-refractivity contribution in [3.05, 3.63) is 29.4 Å². The molecule has 0 unspecified atom stereocenters. The third-order valence-electron chi connectivity index (χ3n) is 3.89. The number of hydrogen-bond acceptors (Lipinski definition) is 7. The molecule has 128 valence electrons. The van der Waals surface area contributed by atoms with E-state index in [2.05, 4.69) is 44.1 Å². The first-order chi connectivity index (χ1) is 11.6. The molecule has 0 bridgehead atoms. The van der Waals surface area contributed by atoms with Gasteiger partial charge in [0.1, 0.15) is 10.8 Å². The third-order valence-corrected chi connectivity index (χ3v) is 5.03. The summed E-state index contributed by atoms with van der Waals surface area (Å²) in [6.45, 7) is 7.95. The van der Waals surface area contributed by atoms with Crippen LogP contribution in [0.3, 0.4) is 0 Å². The van der Waals surface area contributed by atoms with Crippen LogP contribution in [0.15, 0.2) is 24.4 Å². The molecule has 3 heterocycles. The Morgan fingerprint density at radius 3 is 2.67 bits per heavy atom. The maximum Gasteiger partial charge on any atom is 0.240 e. The van der Waals surface area contributed by atoms with E-state index in [9.17, 15) is 4.79 Å². The normalized spacial score (nSPS) is 15.7. The van der Waals surface area contributed by atoms with E-state index in [-0.39, 0.29) is 5.91 Å². The predicted molar refractivity (Wildman–Crippen MR) is 95.5 cm³/mol. The highest BCUT2D eigenvalue weighted by atomic mass is 32.1. The Kier molecular flexibility index (Phi) is 5.37. The fourth-order valence-corrected chi connectivity index (χ4v) is 3.32. The number of hydrogen-bond donors (Lipinski definition) is 1. The highest BCUT2D eigenvalue weighted by molar-refractivity contribution is 7.15. The van der Waals surface area contributed by atoms with Crippen LogP contribution in [0, 0.1) is 0 Å². The molecular formula is C16H22N6OS. The molecule has 8 heteroatoms. The molecule has 24 heavy (non-hydrogen) atoms. The SMILES string of the molecule is CC(C)c1nnc(NC(=O)CN2CCN(c3ccccn3)CC2)s1. The Labute approximate surface area is 145 Å². The zero-order valence-electron chi connectivity index (χ0n) is 14.0. The van der Waals surface area contributed by atoms with Crippen LogP contribution in [0.1, 0.15) is 24.8 Å². The Balaban J connectivity index is 1.46. The van der Waals surface area contributed by atoms with Gasteiger partial charge >= 0.3 is 0 Å². The number of anilines is 2. The highest BCUT2D eigenvalue weighted by Gasteiger charge is 2.20. The minimum Gasteiger partial charge on any atom is -0.354 e. The van der Waals surface area contributed by atoms with Crippen LogP contribution in [0.5, 0.6) is 0 Å². The van der Waals surface area contributed by atoms with Gasteiger partial charge in [0.05, 0.1) is 6.54 Å². The summed E-state index contributed by atoms with van der Waals surface area (Å²) < 4.78 is 0. The minimum atomic E-state index is -0.0345. The van der Waals surface area contributed by atoms with Gasteiger partial charge in [-0.2, -0.15) is 0 Å². The number of nitrogens with zero attached hydrogens (tertiary/aromatic N) is 5. The van der Waals surface area contributed by atoms with E-state index < -0.39 is 0 Å². The molecule has 1 amide bonds. The second-order valence-electron chi connectivity index (χ2n) is 6.10. The van der Waals surface area contributed by atoms with Crippen LogP contribution in [0.4, 0.5) is 10.9 Å². The van der Waals surface area contributed by atoms with Gasteiger partial charge in [0.2, 0.25) is 11.0 Å². The van der Waals surface area contributed by atoms with Gasteiger partial charge in [-0.15, -0.1) is 10.2 Å². The van der Waals surface area contributed by atoms with E-state index in [4.69, 9.17) is 0 Å². The van der Waals surface area contributed by atoms with Gasteiger partial charge in [0, 0.05) is 38.3 Å². The van der Waals surface area contributed by atoms with Crippen molar-refractivity contribution in [1.82, 2.24) is 20.1 Å². The fourth-order valence-electron chi connectivity index (χ4n) is 2.56. The van der Waals surface area contributed by atoms with E-state index in [0.717, 1.165) is 37.0 Å². The molecule has 2 aromatic heterocycles. The number of carbonyl (C=O) groups excluding carboxylic acids is 1. The van der Waals surface area contributed by atoms with Crippen molar-refractivity contribution < 1.29 is 4.79 Å². The monoisotopic (exact) mass is 346 g/mol. The van der Waals surface area contributed by atoms with Gasteiger partial charge < -0.3 is 4.90 Å². The van der Waals surface area contributed by atoms with Crippen LogP contribution in [0.2, 0.25) is 0 Å². The van der Waals surface area contributed by atoms with E-state index in [1.54, 1.807) is 0 Å². The Morgan fingerprint density at radius 2 is 2.04 bits per heavy atom. The third kappa shape index (κ3) is 4.27. The molecule has 1 saturated heterocycles. The molecule has 0 saturated carbocycles. The molecule has 0 spiro atoms. The standard InChI is InChI=1S/C16H22N6OS/c1-12(2)15-19-20-16(24-15)18-14(23)11-21-7-9-22(10-8-21)13-5-3-4-6-17-13/h3-6,12H,7-11H2,1-2H3,(H,18,20,23). The van der Waals surface area contributed by atoms with Crippen molar-refractivity contribution in [2.45, 2.75) is 19.8 Å². The number of rotatable bonds is 5. The van der Waals surface area contributed by atoms with Gasteiger partial charge in [0.15, 0.2) is 0 Å². The van der Waals surface area contributed by atoms with Gasteiger partial charge in [-0.05, 0) is 12.1 Å². The maximum absolute atomic E-state index is 12.2. The Hall–Kier alpha value is -2.06. The molecule has 0 atom stereocenters. The molecule has 0 aromatic carbocycles. The molecule has 7 nitrogen and oxygen atoms in total.